The average Bonchev–Trinajstić information content (AvgIpc) is 2.46. The van der Waals surface area contributed by atoms with E-state index in [1.54, 1.807) is 4.90 Å². The van der Waals surface area contributed by atoms with Crippen molar-refractivity contribution in [2.75, 3.05) is 39.8 Å². The van der Waals surface area contributed by atoms with Crippen molar-refractivity contribution >= 4 is 11.8 Å². The third-order valence-corrected chi connectivity index (χ3v) is 2.93. The van der Waals surface area contributed by atoms with Crippen molar-refractivity contribution in [1.82, 2.24) is 15.1 Å². The van der Waals surface area contributed by atoms with E-state index in [1.165, 1.54) is 0 Å². The largest absolute Gasteiger partial charge is 0.347 e. The molecular weight excluding hydrogens is 220 g/mol. The fourth-order valence-corrected chi connectivity index (χ4v) is 2.07. The van der Waals surface area contributed by atoms with E-state index in [0.29, 0.717) is 19.6 Å². The number of carbonyl (C=O) groups excluding carboxylic acids is 2. The van der Waals surface area contributed by atoms with E-state index in [4.69, 9.17) is 5.73 Å². The highest BCUT2D eigenvalue weighted by molar-refractivity contribution is 6.35. The molecule has 17 heavy (non-hydrogen) atoms. The Kier molecular flexibility index (Phi) is 5.37. The number of amides is 2. The molecule has 1 unspecified atom stereocenters. The number of nitrogens with two attached hydrogens (primary N) is 1. The topological polar surface area (TPSA) is 78.7 Å². The minimum Gasteiger partial charge on any atom is -0.347 e. The number of likely N-dealkylation sites (N-methyl/N-ethyl adjacent to an activating group) is 1. The maximum Gasteiger partial charge on any atom is 0.312 e. The van der Waals surface area contributed by atoms with Crippen molar-refractivity contribution in [2.24, 2.45) is 5.73 Å². The second-order valence-corrected chi connectivity index (χ2v) is 4.51. The van der Waals surface area contributed by atoms with Crippen LogP contribution in [0.15, 0.2) is 0 Å². The number of nitrogens with zero attached hydrogens (tertiary/aromatic N) is 2. The first-order valence-corrected chi connectivity index (χ1v) is 6.03. The molecule has 1 aliphatic heterocycles. The van der Waals surface area contributed by atoms with Gasteiger partial charge in [0.05, 0.1) is 0 Å². The summed E-state index contributed by atoms with van der Waals surface area (Å²) in [7, 11) is 2.03. The summed E-state index contributed by atoms with van der Waals surface area (Å²) in [6.07, 6.45) is 0.900. The van der Waals surface area contributed by atoms with Gasteiger partial charge in [0.15, 0.2) is 0 Å². The summed E-state index contributed by atoms with van der Waals surface area (Å²) in [6, 6.07) is 0.0682. The zero-order valence-corrected chi connectivity index (χ0v) is 10.6. The van der Waals surface area contributed by atoms with Crippen LogP contribution in [0.25, 0.3) is 0 Å². The summed E-state index contributed by atoms with van der Waals surface area (Å²) in [6.45, 7) is 5.05. The van der Waals surface area contributed by atoms with Crippen molar-refractivity contribution in [1.29, 1.82) is 0 Å². The molecule has 0 bridgehead atoms. The number of hydrogen-bond acceptors (Lipinski definition) is 4. The zero-order valence-electron chi connectivity index (χ0n) is 10.6. The van der Waals surface area contributed by atoms with Crippen LogP contribution in [0.5, 0.6) is 0 Å². The van der Waals surface area contributed by atoms with Gasteiger partial charge in [-0.15, -0.1) is 0 Å². The molecule has 6 nitrogen and oxygen atoms in total. The Morgan fingerprint density at radius 1 is 1.41 bits per heavy atom. The van der Waals surface area contributed by atoms with E-state index in [9.17, 15) is 9.59 Å². The monoisotopic (exact) mass is 242 g/mol. The van der Waals surface area contributed by atoms with Crippen LogP contribution < -0.4 is 11.1 Å². The lowest BCUT2D eigenvalue weighted by atomic mass is 10.2. The molecule has 1 heterocycles. The normalized spacial score (nSPS) is 22.1. The molecule has 2 amide bonds. The third kappa shape index (κ3) is 3.98. The lowest BCUT2D eigenvalue weighted by Gasteiger charge is -2.27. The first-order valence-electron chi connectivity index (χ1n) is 6.03. The fourth-order valence-electron chi connectivity index (χ4n) is 2.07. The first kappa shape index (κ1) is 13.9. The van der Waals surface area contributed by atoms with Crippen LogP contribution in [0.1, 0.15) is 13.3 Å². The van der Waals surface area contributed by atoms with Crippen LogP contribution in [0.3, 0.4) is 0 Å². The molecule has 0 aromatic heterocycles. The van der Waals surface area contributed by atoms with Crippen molar-refractivity contribution in [3.8, 4) is 0 Å². The summed E-state index contributed by atoms with van der Waals surface area (Å²) >= 11 is 0. The summed E-state index contributed by atoms with van der Waals surface area (Å²) in [5.41, 5.74) is 5.28. The summed E-state index contributed by atoms with van der Waals surface area (Å²) in [5.74, 6) is -0.992. The van der Waals surface area contributed by atoms with Crippen LogP contribution in [-0.4, -0.2) is 67.4 Å². The Morgan fingerprint density at radius 3 is 2.76 bits per heavy atom. The van der Waals surface area contributed by atoms with Crippen molar-refractivity contribution in [3.63, 3.8) is 0 Å². The molecule has 0 saturated carbocycles. The molecule has 1 atom stereocenters. The van der Waals surface area contributed by atoms with E-state index < -0.39 is 11.8 Å². The highest BCUT2D eigenvalue weighted by atomic mass is 16.2. The van der Waals surface area contributed by atoms with Gasteiger partial charge in [-0.1, -0.05) is 0 Å². The molecule has 98 valence electrons. The quantitative estimate of drug-likeness (QED) is 0.585. The van der Waals surface area contributed by atoms with E-state index in [1.807, 2.05) is 14.0 Å². The summed E-state index contributed by atoms with van der Waals surface area (Å²) in [5, 5.41) is 2.51. The molecule has 3 N–H and O–H groups in total. The highest BCUT2D eigenvalue weighted by Gasteiger charge is 2.28. The predicted molar refractivity (Wildman–Crippen MR) is 65.4 cm³/mol. The first-order chi connectivity index (χ1) is 8.06. The molecule has 0 radical (unpaired) electrons. The molecule has 1 fully saturated rings. The van der Waals surface area contributed by atoms with Crippen LogP contribution in [0.2, 0.25) is 0 Å². The molecule has 0 spiro atoms. The third-order valence-electron chi connectivity index (χ3n) is 2.93. The van der Waals surface area contributed by atoms with Gasteiger partial charge < -0.3 is 20.9 Å². The summed E-state index contributed by atoms with van der Waals surface area (Å²) in [4.78, 5) is 27.3. The molecule has 0 aromatic carbocycles. The molecule has 1 saturated heterocycles. The molecule has 1 aliphatic rings. The highest BCUT2D eigenvalue weighted by Crippen LogP contribution is 2.08. The fraction of sp³-hybridized carbons (Fsp3) is 0.818. The minimum absolute atomic E-state index is 0.0682. The van der Waals surface area contributed by atoms with E-state index >= 15 is 0 Å². The lowest BCUT2D eigenvalue weighted by molar-refractivity contribution is -0.147. The number of rotatable bonds is 2. The zero-order chi connectivity index (χ0) is 12.8. The molecular formula is C11H22N4O2. The van der Waals surface area contributed by atoms with E-state index in [2.05, 4.69) is 10.2 Å². The Balaban J connectivity index is 2.57. The molecule has 0 aliphatic carbocycles. The van der Waals surface area contributed by atoms with Crippen LogP contribution in [-0.2, 0) is 9.59 Å². The number of carbonyl (C=O) groups is 2. The van der Waals surface area contributed by atoms with Gasteiger partial charge in [0.1, 0.15) is 0 Å². The standard InChI is InChI=1S/C11H22N4O2/c1-9-8-14(2)6-3-7-15(9)11(17)10(16)13-5-4-12/h9H,3-8,12H2,1-2H3,(H,13,16). The summed E-state index contributed by atoms with van der Waals surface area (Å²) < 4.78 is 0. The van der Waals surface area contributed by atoms with Gasteiger partial charge in [0.2, 0.25) is 0 Å². The van der Waals surface area contributed by atoms with E-state index in [-0.39, 0.29) is 6.04 Å². The van der Waals surface area contributed by atoms with Crippen LogP contribution in [0.4, 0.5) is 0 Å². The van der Waals surface area contributed by atoms with Gasteiger partial charge in [0.25, 0.3) is 0 Å². The van der Waals surface area contributed by atoms with Gasteiger partial charge in [-0.2, -0.15) is 0 Å². The van der Waals surface area contributed by atoms with Crippen molar-refractivity contribution in [2.45, 2.75) is 19.4 Å². The minimum atomic E-state index is -0.549. The van der Waals surface area contributed by atoms with Crippen molar-refractivity contribution in [3.05, 3.63) is 0 Å². The maximum absolute atomic E-state index is 11.9. The van der Waals surface area contributed by atoms with E-state index in [0.717, 1.165) is 19.5 Å². The number of nitrogens with one attached hydrogen (secondary N) is 1. The Hall–Kier alpha value is -1.14. The van der Waals surface area contributed by atoms with Gasteiger partial charge >= 0.3 is 11.8 Å². The SMILES string of the molecule is CC1CN(C)CCCN1C(=O)C(=O)NCCN. The smallest absolute Gasteiger partial charge is 0.312 e. The van der Waals surface area contributed by atoms with Gasteiger partial charge in [-0.05, 0) is 26.9 Å². The molecule has 6 heteroatoms. The Bertz CT molecular complexity index is 283. The molecule has 1 rings (SSSR count). The second-order valence-electron chi connectivity index (χ2n) is 4.51. The van der Waals surface area contributed by atoms with Gasteiger partial charge in [0, 0.05) is 32.2 Å². The van der Waals surface area contributed by atoms with Crippen molar-refractivity contribution < 1.29 is 9.59 Å². The second kappa shape index (κ2) is 6.56. The van der Waals surface area contributed by atoms with Gasteiger partial charge in [-0.25, -0.2) is 0 Å². The molecule has 0 aromatic rings. The predicted octanol–water partition coefficient (Wildman–Crippen LogP) is -1.39. The maximum atomic E-state index is 11.9. The lowest BCUT2D eigenvalue weighted by Crippen LogP contribution is -2.49. The Morgan fingerprint density at radius 2 is 2.12 bits per heavy atom. The average molecular weight is 242 g/mol. The Labute approximate surface area is 102 Å². The van der Waals surface area contributed by atoms with Crippen LogP contribution in [0, 0.1) is 0 Å². The number of hydrogen-bond donors (Lipinski definition) is 2. The van der Waals surface area contributed by atoms with Gasteiger partial charge in [-0.3, -0.25) is 9.59 Å². The van der Waals surface area contributed by atoms with Crippen LogP contribution >= 0.6 is 0 Å².